The molecule has 0 saturated heterocycles. The van der Waals surface area contributed by atoms with E-state index in [1.54, 1.807) is 13.3 Å². The number of nitrogens with zero attached hydrogens (tertiary/aromatic N) is 4. The minimum absolute atomic E-state index is 0.00876. The number of carbonyl (C=O) groups excluding carboxylic acids is 1. The Kier molecular flexibility index (Phi) is 15.6. The summed E-state index contributed by atoms with van der Waals surface area (Å²) in [6.45, 7) is 18.7. The van der Waals surface area contributed by atoms with E-state index >= 15 is 0 Å². The Bertz CT molecular complexity index is 1020. The number of unbranched alkanes of at least 4 members (excludes halogenated alkanes) is 1. The minimum Gasteiger partial charge on any atom is -0.497 e. The zero-order valence-corrected chi connectivity index (χ0v) is 25.4. The van der Waals surface area contributed by atoms with Crippen LogP contribution in [0.5, 0.6) is 5.75 Å². The average Bonchev–Trinajstić information content (AvgIpc) is 2.88. The van der Waals surface area contributed by atoms with E-state index < -0.39 is 0 Å². The van der Waals surface area contributed by atoms with Crippen LogP contribution in [0.3, 0.4) is 0 Å². The molecule has 0 aliphatic heterocycles. The number of hydrogen-bond donors (Lipinski definition) is 0. The van der Waals surface area contributed by atoms with Crippen LogP contribution in [0.2, 0.25) is 0 Å². The van der Waals surface area contributed by atoms with Crippen molar-refractivity contribution >= 4 is 11.6 Å². The third-order valence-corrected chi connectivity index (χ3v) is 6.38. The van der Waals surface area contributed by atoms with Crippen LogP contribution in [-0.4, -0.2) is 60.6 Å². The van der Waals surface area contributed by atoms with Crippen LogP contribution in [0.4, 0.5) is 5.82 Å². The Labute approximate surface area is 231 Å². The fourth-order valence-electron chi connectivity index (χ4n) is 4.20. The molecule has 7 nitrogen and oxygen atoms in total. The van der Waals surface area contributed by atoms with Crippen molar-refractivity contribution < 1.29 is 9.53 Å². The monoisotopic (exact) mass is 528 g/mol. The fraction of sp³-hybridized carbons (Fsp3) is 0.645. The standard InChI is InChI=1S/C27H42N4O3.C4H10/c1-7-10-15-30(9-3)16-14-22(8-2)20-29(5)26-27(33)31(19-21(4)32)25(18-28-26)23-12-11-13-24(17-23)34-6;1-4(2)3/h11-13,17-18,22H,7-10,14-16,19-20H2,1-6H3;4H,1-3H3. The maximum Gasteiger partial charge on any atom is 0.294 e. The Morgan fingerprint density at radius 1 is 1.13 bits per heavy atom. The Balaban J connectivity index is 0.00000168. The number of Topliss-reactive ketones (excluding diaryl/α,β-unsaturated/α-hetero) is 1. The number of benzene rings is 1. The summed E-state index contributed by atoms with van der Waals surface area (Å²) in [6, 6.07) is 7.45. The maximum absolute atomic E-state index is 13.5. The van der Waals surface area contributed by atoms with Crippen molar-refractivity contribution in [2.45, 2.75) is 80.7 Å². The third-order valence-electron chi connectivity index (χ3n) is 6.38. The number of methoxy groups -OCH3 is 1. The van der Waals surface area contributed by atoms with Crippen LogP contribution >= 0.6 is 0 Å². The van der Waals surface area contributed by atoms with Gasteiger partial charge in [0.15, 0.2) is 5.82 Å². The van der Waals surface area contributed by atoms with E-state index in [2.05, 4.69) is 51.4 Å². The lowest BCUT2D eigenvalue weighted by molar-refractivity contribution is -0.117. The normalized spacial score (nSPS) is 11.8. The first-order chi connectivity index (χ1) is 18.1. The second-order valence-corrected chi connectivity index (χ2v) is 10.8. The first-order valence-corrected chi connectivity index (χ1v) is 14.2. The van der Waals surface area contributed by atoms with Gasteiger partial charge in [0.2, 0.25) is 0 Å². The topological polar surface area (TPSA) is 67.7 Å². The van der Waals surface area contributed by atoms with E-state index in [1.165, 1.54) is 24.3 Å². The SMILES string of the molecule is CC(C)C.CCCCN(CC)CCC(CC)CN(C)c1ncc(-c2cccc(OC)c2)n(CC(C)=O)c1=O. The van der Waals surface area contributed by atoms with Crippen molar-refractivity contribution in [2.24, 2.45) is 11.8 Å². The number of rotatable bonds is 15. The van der Waals surface area contributed by atoms with E-state index in [1.807, 2.05) is 36.2 Å². The highest BCUT2D eigenvalue weighted by Crippen LogP contribution is 2.24. The lowest BCUT2D eigenvalue weighted by atomic mass is 10.0. The smallest absolute Gasteiger partial charge is 0.294 e. The summed E-state index contributed by atoms with van der Waals surface area (Å²) >= 11 is 0. The van der Waals surface area contributed by atoms with Gasteiger partial charge in [-0.1, -0.05) is 66.5 Å². The molecule has 1 aromatic heterocycles. The van der Waals surface area contributed by atoms with E-state index in [4.69, 9.17) is 4.74 Å². The summed E-state index contributed by atoms with van der Waals surface area (Å²) in [5.74, 6) is 2.28. The van der Waals surface area contributed by atoms with Gasteiger partial charge in [-0.2, -0.15) is 0 Å². The molecule has 1 heterocycles. The molecule has 1 atom stereocenters. The third kappa shape index (κ3) is 11.4. The maximum atomic E-state index is 13.5. The molecule has 2 rings (SSSR count). The molecule has 0 amide bonds. The number of carbonyl (C=O) groups is 1. The molecule has 38 heavy (non-hydrogen) atoms. The molecule has 0 aliphatic carbocycles. The molecule has 1 unspecified atom stereocenters. The van der Waals surface area contributed by atoms with Crippen LogP contribution in [-0.2, 0) is 11.3 Å². The predicted molar refractivity (Wildman–Crippen MR) is 160 cm³/mol. The second-order valence-electron chi connectivity index (χ2n) is 10.8. The first-order valence-electron chi connectivity index (χ1n) is 14.2. The molecule has 0 N–H and O–H groups in total. The quantitative estimate of drug-likeness (QED) is 0.276. The molecule has 2 aromatic rings. The Hall–Kier alpha value is -2.67. The summed E-state index contributed by atoms with van der Waals surface area (Å²) < 4.78 is 6.86. The zero-order valence-electron chi connectivity index (χ0n) is 25.4. The van der Waals surface area contributed by atoms with Crippen molar-refractivity contribution in [3.8, 4) is 17.0 Å². The van der Waals surface area contributed by atoms with Crippen molar-refractivity contribution in [2.75, 3.05) is 45.2 Å². The van der Waals surface area contributed by atoms with Gasteiger partial charge < -0.3 is 14.5 Å². The van der Waals surface area contributed by atoms with E-state index in [-0.39, 0.29) is 17.9 Å². The van der Waals surface area contributed by atoms with Crippen LogP contribution < -0.4 is 15.2 Å². The van der Waals surface area contributed by atoms with Gasteiger partial charge in [-0.3, -0.25) is 14.2 Å². The molecule has 0 bridgehead atoms. The number of ether oxygens (including phenoxy) is 1. The molecule has 0 spiro atoms. The molecule has 0 saturated carbocycles. The highest BCUT2D eigenvalue weighted by molar-refractivity contribution is 5.76. The fourth-order valence-corrected chi connectivity index (χ4v) is 4.20. The highest BCUT2D eigenvalue weighted by Gasteiger charge is 2.19. The van der Waals surface area contributed by atoms with Gasteiger partial charge >= 0.3 is 0 Å². The van der Waals surface area contributed by atoms with Gasteiger partial charge in [0.25, 0.3) is 5.56 Å². The van der Waals surface area contributed by atoms with Gasteiger partial charge in [-0.15, -0.1) is 0 Å². The van der Waals surface area contributed by atoms with Gasteiger partial charge in [-0.05, 0) is 63.4 Å². The Morgan fingerprint density at radius 3 is 2.37 bits per heavy atom. The predicted octanol–water partition coefficient (Wildman–Crippen LogP) is 6.14. The molecule has 1 aromatic carbocycles. The van der Waals surface area contributed by atoms with Crippen molar-refractivity contribution in [3.63, 3.8) is 0 Å². The summed E-state index contributed by atoms with van der Waals surface area (Å²) in [4.78, 5) is 34.5. The molecular formula is C31H52N4O3. The van der Waals surface area contributed by atoms with E-state index in [0.717, 1.165) is 50.5 Å². The zero-order chi connectivity index (χ0) is 28.7. The Morgan fingerprint density at radius 2 is 1.82 bits per heavy atom. The highest BCUT2D eigenvalue weighted by atomic mass is 16.5. The summed E-state index contributed by atoms with van der Waals surface area (Å²) in [7, 11) is 3.52. The average molecular weight is 529 g/mol. The summed E-state index contributed by atoms with van der Waals surface area (Å²) in [5, 5.41) is 0. The molecule has 214 valence electrons. The van der Waals surface area contributed by atoms with Crippen LogP contribution in [0.1, 0.15) is 74.1 Å². The first kappa shape index (κ1) is 33.4. The number of hydrogen-bond acceptors (Lipinski definition) is 6. The largest absolute Gasteiger partial charge is 0.497 e. The molecule has 0 aliphatic rings. The number of anilines is 1. The van der Waals surface area contributed by atoms with Gasteiger partial charge in [0.05, 0.1) is 25.5 Å². The lowest BCUT2D eigenvalue weighted by Crippen LogP contribution is -2.36. The van der Waals surface area contributed by atoms with Crippen LogP contribution in [0, 0.1) is 11.8 Å². The minimum atomic E-state index is -0.244. The summed E-state index contributed by atoms with van der Waals surface area (Å²) in [5.41, 5.74) is 1.15. The lowest BCUT2D eigenvalue weighted by Gasteiger charge is -2.27. The van der Waals surface area contributed by atoms with Crippen molar-refractivity contribution in [1.82, 2.24) is 14.5 Å². The second kappa shape index (κ2) is 17.8. The number of aromatic nitrogens is 2. The number of ketones is 1. The van der Waals surface area contributed by atoms with Crippen LogP contribution in [0.15, 0.2) is 35.3 Å². The van der Waals surface area contributed by atoms with E-state index in [9.17, 15) is 9.59 Å². The van der Waals surface area contributed by atoms with Gasteiger partial charge in [-0.25, -0.2) is 4.98 Å². The summed E-state index contributed by atoms with van der Waals surface area (Å²) in [6.07, 6.45) is 6.25. The van der Waals surface area contributed by atoms with Crippen LogP contribution in [0.25, 0.3) is 11.3 Å². The van der Waals surface area contributed by atoms with Gasteiger partial charge in [0, 0.05) is 19.2 Å². The molecule has 0 fully saturated rings. The van der Waals surface area contributed by atoms with E-state index in [0.29, 0.717) is 23.2 Å². The molecule has 0 radical (unpaired) electrons. The molecule has 7 heteroatoms. The van der Waals surface area contributed by atoms with Crippen molar-refractivity contribution in [1.29, 1.82) is 0 Å². The molecular weight excluding hydrogens is 476 g/mol. The van der Waals surface area contributed by atoms with Crippen molar-refractivity contribution in [3.05, 3.63) is 40.8 Å². The van der Waals surface area contributed by atoms with Gasteiger partial charge in [0.1, 0.15) is 11.5 Å².